The van der Waals surface area contributed by atoms with Crippen molar-refractivity contribution in [2.45, 2.75) is 25.1 Å². The summed E-state index contributed by atoms with van der Waals surface area (Å²) in [5, 5.41) is 2.16. The molecule has 5 nitrogen and oxygen atoms in total. The van der Waals surface area contributed by atoms with E-state index in [0.29, 0.717) is 12.8 Å². The summed E-state index contributed by atoms with van der Waals surface area (Å²) >= 11 is 0. The van der Waals surface area contributed by atoms with Crippen molar-refractivity contribution in [3.63, 3.8) is 0 Å². The van der Waals surface area contributed by atoms with Crippen molar-refractivity contribution in [1.82, 2.24) is 10.2 Å². The molecule has 17 heavy (non-hydrogen) atoms. The fourth-order valence-electron chi connectivity index (χ4n) is 1.35. The van der Waals surface area contributed by atoms with Gasteiger partial charge in [0.15, 0.2) is 0 Å². The van der Waals surface area contributed by atoms with E-state index < -0.39 is 31.1 Å². The highest BCUT2D eigenvalue weighted by atomic mass is 19.4. The smallest absolute Gasteiger partial charge is 0.346 e. The number of carbonyl (C=O) groups is 2. The standard InChI is InChI=1S/C9H14F3N3O2/c10-9(11,12)5-15(6-1-2-6)8(17)4-14-7(16)3-13/h6H,1-5,13H2,(H,14,16). The summed E-state index contributed by atoms with van der Waals surface area (Å²) in [4.78, 5) is 23.0. The average molecular weight is 253 g/mol. The molecule has 0 bridgehead atoms. The number of hydrogen-bond donors (Lipinski definition) is 2. The highest BCUT2D eigenvalue weighted by Gasteiger charge is 2.40. The van der Waals surface area contributed by atoms with Gasteiger partial charge in [-0.3, -0.25) is 9.59 Å². The number of nitrogens with one attached hydrogen (secondary N) is 1. The number of nitrogens with two attached hydrogens (primary N) is 1. The van der Waals surface area contributed by atoms with Gasteiger partial charge in [0.2, 0.25) is 11.8 Å². The van der Waals surface area contributed by atoms with Crippen molar-refractivity contribution < 1.29 is 22.8 Å². The van der Waals surface area contributed by atoms with Gasteiger partial charge < -0.3 is 16.0 Å². The summed E-state index contributed by atoms with van der Waals surface area (Å²) in [6.07, 6.45) is -3.27. The Labute approximate surface area is 96.1 Å². The Kier molecular flexibility index (Phi) is 4.33. The average Bonchev–Trinajstić information content (AvgIpc) is 3.04. The zero-order chi connectivity index (χ0) is 13.1. The van der Waals surface area contributed by atoms with Crippen molar-refractivity contribution in [3.8, 4) is 0 Å². The van der Waals surface area contributed by atoms with Crippen LogP contribution in [0.5, 0.6) is 0 Å². The third kappa shape index (κ3) is 5.03. The number of alkyl halides is 3. The molecule has 0 heterocycles. The molecule has 0 atom stereocenters. The van der Waals surface area contributed by atoms with Crippen molar-refractivity contribution >= 4 is 11.8 Å². The van der Waals surface area contributed by atoms with E-state index in [9.17, 15) is 22.8 Å². The van der Waals surface area contributed by atoms with E-state index in [0.717, 1.165) is 4.90 Å². The molecule has 1 aliphatic rings. The molecule has 1 fully saturated rings. The molecule has 0 saturated heterocycles. The molecule has 1 saturated carbocycles. The van der Waals surface area contributed by atoms with E-state index in [1.54, 1.807) is 0 Å². The third-order valence-electron chi connectivity index (χ3n) is 2.28. The zero-order valence-electron chi connectivity index (χ0n) is 9.09. The minimum atomic E-state index is -4.42. The van der Waals surface area contributed by atoms with Crippen LogP contribution < -0.4 is 11.1 Å². The first-order chi connectivity index (χ1) is 7.83. The van der Waals surface area contributed by atoms with Crippen molar-refractivity contribution in [1.29, 1.82) is 0 Å². The van der Waals surface area contributed by atoms with Gasteiger partial charge in [0.25, 0.3) is 0 Å². The summed E-state index contributed by atoms with van der Waals surface area (Å²) in [7, 11) is 0. The van der Waals surface area contributed by atoms with Crippen LogP contribution in [0.4, 0.5) is 13.2 Å². The van der Waals surface area contributed by atoms with Gasteiger partial charge in [0, 0.05) is 6.04 Å². The van der Waals surface area contributed by atoms with E-state index in [2.05, 4.69) is 5.32 Å². The van der Waals surface area contributed by atoms with Crippen LogP contribution in [0.2, 0.25) is 0 Å². The van der Waals surface area contributed by atoms with Crippen LogP contribution in [0, 0.1) is 0 Å². The van der Waals surface area contributed by atoms with Gasteiger partial charge in [-0.1, -0.05) is 0 Å². The first kappa shape index (κ1) is 13.8. The monoisotopic (exact) mass is 253 g/mol. The van der Waals surface area contributed by atoms with E-state index in [1.165, 1.54) is 0 Å². The maximum atomic E-state index is 12.2. The van der Waals surface area contributed by atoms with Crippen molar-refractivity contribution in [2.75, 3.05) is 19.6 Å². The lowest BCUT2D eigenvalue weighted by Gasteiger charge is -2.23. The molecular weight excluding hydrogens is 239 g/mol. The molecule has 1 rings (SSSR count). The second-order valence-corrected chi connectivity index (χ2v) is 3.85. The molecule has 1 aliphatic carbocycles. The molecule has 0 spiro atoms. The van der Waals surface area contributed by atoms with Crippen LogP contribution in [0.3, 0.4) is 0 Å². The van der Waals surface area contributed by atoms with Gasteiger partial charge in [0.1, 0.15) is 6.54 Å². The van der Waals surface area contributed by atoms with Gasteiger partial charge in [-0.15, -0.1) is 0 Å². The quantitative estimate of drug-likeness (QED) is 0.701. The molecule has 8 heteroatoms. The Morgan fingerprint density at radius 3 is 2.35 bits per heavy atom. The van der Waals surface area contributed by atoms with Crippen LogP contribution in [0.25, 0.3) is 0 Å². The lowest BCUT2D eigenvalue weighted by atomic mass is 10.4. The van der Waals surface area contributed by atoms with Gasteiger partial charge >= 0.3 is 6.18 Å². The summed E-state index contributed by atoms with van der Waals surface area (Å²) in [6.45, 7) is -2.01. The number of hydrogen-bond acceptors (Lipinski definition) is 3. The second-order valence-electron chi connectivity index (χ2n) is 3.85. The predicted molar refractivity (Wildman–Crippen MR) is 52.9 cm³/mol. The largest absolute Gasteiger partial charge is 0.406 e. The highest BCUT2D eigenvalue weighted by molar-refractivity contribution is 5.85. The molecule has 0 unspecified atom stereocenters. The maximum absolute atomic E-state index is 12.2. The number of nitrogens with zero attached hydrogens (tertiary/aromatic N) is 1. The summed E-state index contributed by atoms with van der Waals surface area (Å²) in [5.41, 5.74) is 4.99. The minimum Gasteiger partial charge on any atom is -0.346 e. The van der Waals surface area contributed by atoms with E-state index >= 15 is 0 Å². The first-order valence-corrected chi connectivity index (χ1v) is 5.16. The number of rotatable bonds is 5. The van der Waals surface area contributed by atoms with Crippen molar-refractivity contribution in [3.05, 3.63) is 0 Å². The number of amides is 2. The zero-order valence-corrected chi connectivity index (χ0v) is 9.09. The van der Waals surface area contributed by atoms with Crippen molar-refractivity contribution in [2.24, 2.45) is 5.73 Å². The molecule has 0 aliphatic heterocycles. The molecular formula is C9H14F3N3O2. The Morgan fingerprint density at radius 1 is 1.35 bits per heavy atom. The molecule has 0 radical (unpaired) electrons. The van der Waals surface area contributed by atoms with Gasteiger partial charge in [-0.2, -0.15) is 13.2 Å². The Balaban J connectivity index is 2.47. The molecule has 98 valence electrons. The summed E-state index contributed by atoms with van der Waals surface area (Å²) in [6, 6.07) is -0.348. The number of halogens is 3. The van der Waals surface area contributed by atoms with Gasteiger partial charge in [-0.25, -0.2) is 0 Å². The molecule has 0 aromatic rings. The van der Waals surface area contributed by atoms with E-state index in [1.807, 2.05) is 0 Å². The second kappa shape index (κ2) is 5.35. The Hall–Kier alpha value is -1.31. The van der Waals surface area contributed by atoms with Crippen LogP contribution in [0.15, 0.2) is 0 Å². The third-order valence-corrected chi connectivity index (χ3v) is 2.28. The normalized spacial score (nSPS) is 15.5. The van der Waals surface area contributed by atoms with Crippen LogP contribution in [-0.4, -0.2) is 48.6 Å². The lowest BCUT2D eigenvalue weighted by Crippen LogP contribution is -2.46. The van der Waals surface area contributed by atoms with Gasteiger partial charge in [0.05, 0.1) is 13.1 Å². The highest BCUT2D eigenvalue weighted by Crippen LogP contribution is 2.29. The SMILES string of the molecule is NCC(=O)NCC(=O)N(CC(F)(F)F)C1CC1. The van der Waals surface area contributed by atoms with E-state index in [4.69, 9.17) is 5.73 Å². The van der Waals surface area contributed by atoms with E-state index in [-0.39, 0.29) is 12.6 Å². The van der Waals surface area contributed by atoms with Crippen LogP contribution in [0.1, 0.15) is 12.8 Å². The minimum absolute atomic E-state index is 0.296. The van der Waals surface area contributed by atoms with Crippen LogP contribution >= 0.6 is 0 Å². The van der Waals surface area contributed by atoms with Gasteiger partial charge in [-0.05, 0) is 12.8 Å². The summed E-state index contributed by atoms with van der Waals surface area (Å²) < 4.78 is 36.7. The number of carbonyl (C=O) groups excluding carboxylic acids is 2. The molecule has 0 aromatic carbocycles. The summed E-state index contributed by atoms with van der Waals surface area (Å²) in [5.74, 6) is -1.30. The Morgan fingerprint density at radius 2 is 1.94 bits per heavy atom. The molecule has 2 amide bonds. The first-order valence-electron chi connectivity index (χ1n) is 5.16. The Bertz CT molecular complexity index is 302. The molecule has 3 N–H and O–H groups in total. The van der Waals surface area contributed by atoms with Crippen LogP contribution in [-0.2, 0) is 9.59 Å². The lowest BCUT2D eigenvalue weighted by molar-refractivity contribution is -0.162. The fourth-order valence-corrected chi connectivity index (χ4v) is 1.35. The molecule has 0 aromatic heterocycles. The predicted octanol–water partition coefficient (Wildman–Crippen LogP) is -0.385. The topological polar surface area (TPSA) is 75.4 Å². The maximum Gasteiger partial charge on any atom is 0.406 e. The fraction of sp³-hybridized carbons (Fsp3) is 0.778.